The van der Waals surface area contributed by atoms with Crippen molar-refractivity contribution >= 4 is 8.69 Å². The zero-order chi connectivity index (χ0) is 10.2. The van der Waals surface area contributed by atoms with E-state index in [1.165, 1.54) is 0 Å². The molecule has 1 atom stereocenters. The van der Waals surface area contributed by atoms with Gasteiger partial charge in [0.1, 0.15) is 0 Å². The van der Waals surface area contributed by atoms with Crippen molar-refractivity contribution in [3.05, 3.63) is 0 Å². The molecule has 0 aliphatic rings. The summed E-state index contributed by atoms with van der Waals surface area (Å²) in [4.78, 5) is 0. The third-order valence-electron chi connectivity index (χ3n) is 1.12. The lowest BCUT2D eigenvalue weighted by Crippen LogP contribution is -2.35. The Morgan fingerprint density at radius 1 is 1.31 bits per heavy atom. The van der Waals surface area contributed by atoms with Crippen LogP contribution in [-0.4, -0.2) is 19.2 Å². The molecule has 0 saturated heterocycles. The summed E-state index contributed by atoms with van der Waals surface area (Å²) in [5, 5.41) is 0. The molecule has 0 spiro atoms. The van der Waals surface area contributed by atoms with Gasteiger partial charge in [0.05, 0.1) is 13.2 Å². The topological polar surface area (TPSA) is 44.8 Å². The Morgan fingerprint density at radius 3 is 2.15 bits per heavy atom. The van der Waals surface area contributed by atoms with Crippen molar-refractivity contribution in [3.8, 4) is 11.8 Å². The van der Waals surface area contributed by atoms with Gasteiger partial charge < -0.3 is 9.47 Å². The molecule has 5 heteroatoms. The molecule has 74 valence electrons. The molecule has 0 fully saturated rings. The van der Waals surface area contributed by atoms with Gasteiger partial charge in [0, 0.05) is 0 Å². The van der Waals surface area contributed by atoms with E-state index in [1.807, 2.05) is 0 Å². The number of ether oxygens (including phenoxy) is 2. The van der Waals surface area contributed by atoms with Crippen LogP contribution in [0.3, 0.4) is 0 Å². The van der Waals surface area contributed by atoms with Crippen molar-refractivity contribution in [3.63, 3.8) is 0 Å². The quantitative estimate of drug-likeness (QED) is 0.376. The minimum atomic E-state index is -1.46. The van der Waals surface area contributed by atoms with Crippen LogP contribution in [0.1, 0.15) is 20.8 Å². The lowest BCUT2D eigenvalue weighted by Gasteiger charge is -2.20. The van der Waals surface area contributed by atoms with Crippen LogP contribution in [0.5, 0.6) is 0 Å². The van der Waals surface area contributed by atoms with Crippen LogP contribution in [0, 0.1) is 11.8 Å². The largest absolute Gasteiger partial charge is 0.500 e. The molecule has 0 heterocycles. The standard InChI is InChI=1S/C8H14O4P/c1-4-7-8(10-5-2,11-6-3)12-13-9/h13H,5-6H2,1-3H3/q+1. The number of rotatable bonds is 6. The highest BCUT2D eigenvalue weighted by atomic mass is 31.1. The first-order valence-electron chi connectivity index (χ1n) is 4.01. The molecular formula is C8H14O4P+. The second-order valence-electron chi connectivity index (χ2n) is 1.98. The highest BCUT2D eigenvalue weighted by Crippen LogP contribution is 2.19. The van der Waals surface area contributed by atoms with Crippen LogP contribution in [0.4, 0.5) is 0 Å². The van der Waals surface area contributed by atoms with Crippen LogP contribution >= 0.6 is 8.69 Å². The molecule has 0 aromatic carbocycles. The maximum Gasteiger partial charge on any atom is 0.500 e. The Bertz CT molecular complexity index is 200. The highest BCUT2D eigenvalue weighted by molar-refractivity contribution is 7.17. The molecule has 1 unspecified atom stereocenters. The molecule has 0 rings (SSSR count). The van der Waals surface area contributed by atoms with E-state index in [-0.39, 0.29) is 0 Å². The van der Waals surface area contributed by atoms with Gasteiger partial charge in [0.15, 0.2) is 0 Å². The van der Waals surface area contributed by atoms with E-state index in [4.69, 9.17) is 14.0 Å². The molecule has 0 saturated carbocycles. The monoisotopic (exact) mass is 205 g/mol. The second kappa shape index (κ2) is 6.99. The Hall–Kier alpha value is -0.460. The molecule has 0 bridgehead atoms. The van der Waals surface area contributed by atoms with Gasteiger partial charge in [-0.3, -0.25) is 0 Å². The van der Waals surface area contributed by atoms with E-state index in [0.29, 0.717) is 13.2 Å². The molecule has 0 aromatic heterocycles. The third-order valence-corrected chi connectivity index (χ3v) is 1.47. The van der Waals surface area contributed by atoms with E-state index < -0.39 is 14.7 Å². The molecule has 4 nitrogen and oxygen atoms in total. The average Bonchev–Trinajstić information content (AvgIpc) is 2.06. The predicted molar refractivity (Wildman–Crippen MR) is 49.5 cm³/mol. The van der Waals surface area contributed by atoms with Gasteiger partial charge in [0.25, 0.3) is 0 Å². The van der Waals surface area contributed by atoms with E-state index in [2.05, 4.69) is 11.8 Å². The van der Waals surface area contributed by atoms with Crippen molar-refractivity contribution < 1.29 is 18.6 Å². The minimum absolute atomic E-state index is 0.374. The Kier molecular flexibility index (Phi) is 6.75. The molecule has 0 aliphatic carbocycles. The first kappa shape index (κ1) is 12.5. The van der Waals surface area contributed by atoms with Crippen LogP contribution in [-0.2, 0) is 18.6 Å². The van der Waals surface area contributed by atoms with Gasteiger partial charge >= 0.3 is 14.7 Å². The normalized spacial score (nSPS) is 11.0. The Morgan fingerprint density at radius 2 is 1.85 bits per heavy atom. The number of hydrogen-bond donors (Lipinski definition) is 0. The van der Waals surface area contributed by atoms with Crippen LogP contribution in [0.2, 0.25) is 0 Å². The fourth-order valence-electron chi connectivity index (χ4n) is 0.786. The van der Waals surface area contributed by atoms with Crippen molar-refractivity contribution in [1.29, 1.82) is 0 Å². The van der Waals surface area contributed by atoms with Gasteiger partial charge in [-0.1, -0.05) is 10.4 Å². The Labute approximate surface area is 79.8 Å². The molecular weight excluding hydrogens is 191 g/mol. The third kappa shape index (κ3) is 4.35. The van der Waals surface area contributed by atoms with Crippen LogP contribution in [0.25, 0.3) is 0 Å². The summed E-state index contributed by atoms with van der Waals surface area (Å²) in [5.41, 5.74) is 0. The van der Waals surface area contributed by atoms with E-state index >= 15 is 0 Å². The van der Waals surface area contributed by atoms with E-state index in [1.54, 1.807) is 20.8 Å². The fourth-order valence-corrected chi connectivity index (χ4v) is 1.06. The van der Waals surface area contributed by atoms with Crippen molar-refractivity contribution in [1.82, 2.24) is 0 Å². The van der Waals surface area contributed by atoms with Crippen LogP contribution in [0.15, 0.2) is 0 Å². The van der Waals surface area contributed by atoms with E-state index in [0.717, 1.165) is 0 Å². The summed E-state index contributed by atoms with van der Waals surface area (Å²) in [5.74, 6) is 3.73. The summed E-state index contributed by atoms with van der Waals surface area (Å²) in [7, 11) is -0.964. The van der Waals surface area contributed by atoms with Gasteiger partial charge in [-0.25, -0.2) is 0 Å². The van der Waals surface area contributed by atoms with Crippen molar-refractivity contribution in [2.45, 2.75) is 26.7 Å². The SMILES string of the molecule is CC#CC(OCC)(OCC)O[PH+]=O. The van der Waals surface area contributed by atoms with Gasteiger partial charge in [-0.15, -0.1) is 0 Å². The number of hydrogen-bond acceptors (Lipinski definition) is 4. The molecule has 13 heavy (non-hydrogen) atoms. The Balaban J connectivity index is 4.53. The molecule has 0 amide bonds. The zero-order valence-electron chi connectivity index (χ0n) is 8.05. The molecule has 0 aromatic rings. The second-order valence-corrected chi connectivity index (χ2v) is 2.35. The molecule has 0 N–H and O–H groups in total. The lowest BCUT2D eigenvalue weighted by atomic mass is 10.5. The minimum Gasteiger partial charge on any atom is -0.314 e. The predicted octanol–water partition coefficient (Wildman–Crippen LogP) is 1.69. The molecule has 0 radical (unpaired) electrons. The van der Waals surface area contributed by atoms with Gasteiger partial charge in [-0.2, -0.15) is 0 Å². The maximum atomic E-state index is 10.3. The average molecular weight is 205 g/mol. The van der Waals surface area contributed by atoms with Crippen LogP contribution < -0.4 is 0 Å². The van der Waals surface area contributed by atoms with Crippen molar-refractivity contribution in [2.75, 3.05) is 13.2 Å². The first-order chi connectivity index (χ1) is 6.24. The first-order valence-corrected chi connectivity index (χ1v) is 4.83. The maximum absolute atomic E-state index is 10.3. The lowest BCUT2D eigenvalue weighted by molar-refractivity contribution is -0.297. The zero-order valence-corrected chi connectivity index (χ0v) is 9.05. The fraction of sp³-hybridized carbons (Fsp3) is 0.750. The summed E-state index contributed by atoms with van der Waals surface area (Å²) >= 11 is 0. The van der Waals surface area contributed by atoms with E-state index in [9.17, 15) is 4.57 Å². The summed E-state index contributed by atoms with van der Waals surface area (Å²) in [6, 6.07) is 0. The molecule has 0 aliphatic heterocycles. The van der Waals surface area contributed by atoms with Gasteiger partial charge in [-0.05, 0) is 31.3 Å². The van der Waals surface area contributed by atoms with Gasteiger partial charge in [0.2, 0.25) is 0 Å². The summed E-state index contributed by atoms with van der Waals surface area (Å²) in [6.07, 6.45) is 0. The highest BCUT2D eigenvalue weighted by Gasteiger charge is 2.35. The summed E-state index contributed by atoms with van der Waals surface area (Å²) in [6.45, 7) is 5.94. The van der Waals surface area contributed by atoms with Crippen molar-refractivity contribution in [2.24, 2.45) is 0 Å². The smallest absolute Gasteiger partial charge is 0.314 e. The summed E-state index contributed by atoms with van der Waals surface area (Å²) < 4.78 is 25.4.